The SMILES string of the molecule is CC(=O)N[C@H]1CC[C@@H](C(=O)NCc2ccnc(C)c2)CN(C2CCOCC2)C1.O=CO. The lowest BCUT2D eigenvalue weighted by Gasteiger charge is -2.36. The summed E-state index contributed by atoms with van der Waals surface area (Å²) in [5.74, 6) is 0.0208. The van der Waals surface area contributed by atoms with Crippen LogP contribution in [0, 0.1) is 12.8 Å². The van der Waals surface area contributed by atoms with Gasteiger partial charge in [-0.1, -0.05) is 0 Å². The Morgan fingerprint density at radius 3 is 2.61 bits per heavy atom. The molecular weight excluding hydrogens is 400 g/mol. The average molecular weight is 435 g/mol. The summed E-state index contributed by atoms with van der Waals surface area (Å²) in [6, 6.07) is 4.44. The molecule has 0 aromatic carbocycles. The number of likely N-dealkylation sites (tertiary alicyclic amines) is 1. The van der Waals surface area contributed by atoms with Gasteiger partial charge in [-0.3, -0.25) is 24.3 Å². The molecule has 172 valence electrons. The van der Waals surface area contributed by atoms with Crippen molar-refractivity contribution in [2.75, 3.05) is 26.3 Å². The van der Waals surface area contributed by atoms with Crippen LogP contribution in [0.15, 0.2) is 18.3 Å². The van der Waals surface area contributed by atoms with E-state index in [-0.39, 0.29) is 30.2 Å². The van der Waals surface area contributed by atoms with Crippen LogP contribution in [-0.2, 0) is 25.7 Å². The van der Waals surface area contributed by atoms with Gasteiger partial charge in [0.2, 0.25) is 11.8 Å². The molecule has 31 heavy (non-hydrogen) atoms. The summed E-state index contributed by atoms with van der Waals surface area (Å²) in [5, 5.41) is 13.1. The molecule has 9 heteroatoms. The Kier molecular flexibility index (Phi) is 10.4. The molecule has 0 unspecified atom stereocenters. The number of rotatable bonds is 5. The van der Waals surface area contributed by atoms with Crippen molar-refractivity contribution in [3.05, 3.63) is 29.6 Å². The van der Waals surface area contributed by atoms with Crippen molar-refractivity contribution in [1.29, 1.82) is 0 Å². The number of carbonyl (C=O) groups is 3. The number of hydrogen-bond donors (Lipinski definition) is 3. The maximum atomic E-state index is 12.9. The Labute approximate surface area is 183 Å². The van der Waals surface area contributed by atoms with E-state index < -0.39 is 0 Å². The van der Waals surface area contributed by atoms with Gasteiger partial charge in [0, 0.05) is 63.7 Å². The van der Waals surface area contributed by atoms with E-state index in [0.717, 1.165) is 63.2 Å². The fourth-order valence-corrected chi connectivity index (χ4v) is 4.24. The second-order valence-corrected chi connectivity index (χ2v) is 8.10. The van der Waals surface area contributed by atoms with Crippen molar-refractivity contribution >= 4 is 18.3 Å². The van der Waals surface area contributed by atoms with Crippen LogP contribution in [-0.4, -0.2) is 71.7 Å². The van der Waals surface area contributed by atoms with Gasteiger partial charge in [0.15, 0.2) is 0 Å². The molecule has 0 aliphatic carbocycles. The zero-order valence-electron chi connectivity index (χ0n) is 18.4. The summed E-state index contributed by atoms with van der Waals surface area (Å²) in [6.45, 7) is 6.86. The third kappa shape index (κ3) is 8.63. The summed E-state index contributed by atoms with van der Waals surface area (Å²) in [6.07, 6.45) is 5.35. The highest BCUT2D eigenvalue weighted by Crippen LogP contribution is 2.23. The number of ether oxygens (including phenoxy) is 1. The van der Waals surface area contributed by atoms with Crippen molar-refractivity contribution in [3.63, 3.8) is 0 Å². The predicted octanol–water partition coefficient (Wildman–Crippen LogP) is 1.10. The fraction of sp³-hybridized carbons (Fsp3) is 0.636. The minimum Gasteiger partial charge on any atom is -0.483 e. The van der Waals surface area contributed by atoms with Crippen LogP contribution in [0.4, 0.5) is 0 Å². The highest BCUT2D eigenvalue weighted by Gasteiger charge is 2.32. The quantitative estimate of drug-likeness (QED) is 0.594. The number of pyridine rings is 1. The molecule has 3 heterocycles. The molecule has 2 saturated heterocycles. The minimum absolute atomic E-state index is 0.00659. The Morgan fingerprint density at radius 1 is 1.26 bits per heavy atom. The molecule has 3 rings (SSSR count). The first-order valence-corrected chi connectivity index (χ1v) is 10.8. The fourth-order valence-electron chi connectivity index (χ4n) is 4.24. The number of amides is 2. The van der Waals surface area contributed by atoms with Gasteiger partial charge in [0.25, 0.3) is 6.47 Å². The van der Waals surface area contributed by atoms with Gasteiger partial charge in [-0.15, -0.1) is 0 Å². The molecule has 0 radical (unpaired) electrons. The number of aromatic nitrogens is 1. The molecule has 2 fully saturated rings. The Bertz CT molecular complexity index is 724. The van der Waals surface area contributed by atoms with E-state index in [2.05, 4.69) is 20.5 Å². The molecule has 0 saturated carbocycles. The molecule has 2 atom stereocenters. The smallest absolute Gasteiger partial charge is 0.290 e. The lowest BCUT2D eigenvalue weighted by molar-refractivity contribution is -0.126. The number of hydrogen-bond acceptors (Lipinski definition) is 6. The van der Waals surface area contributed by atoms with E-state index in [0.29, 0.717) is 12.6 Å². The van der Waals surface area contributed by atoms with E-state index in [1.165, 1.54) is 0 Å². The largest absolute Gasteiger partial charge is 0.483 e. The van der Waals surface area contributed by atoms with Crippen LogP contribution in [0.1, 0.15) is 43.9 Å². The second kappa shape index (κ2) is 13.0. The first-order chi connectivity index (χ1) is 14.9. The first kappa shape index (κ1) is 24.7. The van der Waals surface area contributed by atoms with E-state index in [1.807, 2.05) is 19.1 Å². The molecule has 0 bridgehead atoms. The maximum absolute atomic E-state index is 12.9. The van der Waals surface area contributed by atoms with Crippen molar-refractivity contribution in [2.45, 2.75) is 58.2 Å². The van der Waals surface area contributed by atoms with Crippen LogP contribution in [0.5, 0.6) is 0 Å². The monoisotopic (exact) mass is 434 g/mol. The maximum Gasteiger partial charge on any atom is 0.290 e. The van der Waals surface area contributed by atoms with E-state index in [4.69, 9.17) is 14.6 Å². The minimum atomic E-state index is -0.250. The molecule has 9 nitrogen and oxygen atoms in total. The summed E-state index contributed by atoms with van der Waals surface area (Å²) in [7, 11) is 0. The Morgan fingerprint density at radius 2 is 1.97 bits per heavy atom. The van der Waals surface area contributed by atoms with Gasteiger partial charge in [0.1, 0.15) is 0 Å². The van der Waals surface area contributed by atoms with Crippen LogP contribution in [0.2, 0.25) is 0 Å². The molecular formula is C22H34N4O5. The molecule has 2 amide bonds. The lowest BCUT2D eigenvalue weighted by Crippen LogP contribution is -2.48. The molecule has 3 N–H and O–H groups in total. The van der Waals surface area contributed by atoms with E-state index >= 15 is 0 Å². The highest BCUT2D eigenvalue weighted by atomic mass is 16.5. The van der Waals surface area contributed by atoms with Gasteiger partial charge in [-0.2, -0.15) is 0 Å². The molecule has 2 aliphatic heterocycles. The highest BCUT2D eigenvalue weighted by molar-refractivity contribution is 5.79. The topological polar surface area (TPSA) is 121 Å². The van der Waals surface area contributed by atoms with Crippen molar-refractivity contribution in [1.82, 2.24) is 20.5 Å². The normalized spacial score (nSPS) is 22.4. The standard InChI is InChI=1S/C21H32N4O3.CH2O2/c1-15-11-17(5-8-22-15)12-23-21(27)18-3-4-19(24-16(2)26)14-25(13-18)20-6-9-28-10-7-20;2-1-3/h5,8,11,18-20H,3-4,6-7,9-10,12-14H2,1-2H3,(H,23,27)(H,24,26);1H,(H,2,3)/t18-,19+;/m1./s1. The van der Waals surface area contributed by atoms with Crippen LogP contribution in [0.25, 0.3) is 0 Å². The first-order valence-electron chi connectivity index (χ1n) is 10.8. The third-order valence-corrected chi connectivity index (χ3v) is 5.69. The predicted molar refractivity (Wildman–Crippen MR) is 115 cm³/mol. The number of nitrogens with zero attached hydrogens (tertiary/aromatic N) is 2. The summed E-state index contributed by atoms with van der Waals surface area (Å²) in [5.41, 5.74) is 2.01. The zero-order chi connectivity index (χ0) is 22.6. The van der Waals surface area contributed by atoms with Gasteiger partial charge in [-0.25, -0.2) is 0 Å². The van der Waals surface area contributed by atoms with Crippen LogP contribution < -0.4 is 10.6 Å². The molecule has 1 aromatic rings. The molecule has 2 aliphatic rings. The van der Waals surface area contributed by atoms with E-state index in [9.17, 15) is 9.59 Å². The van der Waals surface area contributed by atoms with Crippen molar-refractivity contribution in [3.8, 4) is 0 Å². The van der Waals surface area contributed by atoms with Gasteiger partial charge >= 0.3 is 0 Å². The van der Waals surface area contributed by atoms with Crippen molar-refractivity contribution < 1.29 is 24.2 Å². The average Bonchev–Trinajstić information content (AvgIpc) is 2.96. The van der Waals surface area contributed by atoms with Gasteiger partial charge in [0.05, 0.1) is 5.92 Å². The lowest BCUT2D eigenvalue weighted by atomic mass is 10.00. The molecule has 1 aromatic heterocycles. The van der Waals surface area contributed by atoms with E-state index in [1.54, 1.807) is 13.1 Å². The number of carbonyl (C=O) groups excluding carboxylic acids is 2. The summed E-state index contributed by atoms with van der Waals surface area (Å²) >= 11 is 0. The summed E-state index contributed by atoms with van der Waals surface area (Å²) < 4.78 is 5.50. The zero-order valence-corrected chi connectivity index (χ0v) is 18.4. The Hall–Kier alpha value is -2.52. The van der Waals surface area contributed by atoms with Crippen LogP contribution in [0.3, 0.4) is 0 Å². The number of nitrogens with one attached hydrogen (secondary N) is 2. The van der Waals surface area contributed by atoms with Crippen LogP contribution >= 0.6 is 0 Å². The number of aryl methyl sites for hydroxylation is 1. The Balaban J connectivity index is 0.00000107. The second-order valence-electron chi connectivity index (χ2n) is 8.10. The van der Waals surface area contributed by atoms with Crippen molar-refractivity contribution in [2.24, 2.45) is 5.92 Å². The third-order valence-electron chi connectivity index (χ3n) is 5.69. The van der Waals surface area contributed by atoms with Gasteiger partial charge < -0.3 is 20.5 Å². The summed E-state index contributed by atoms with van der Waals surface area (Å²) in [4.78, 5) is 39.4. The molecule has 0 spiro atoms. The number of carboxylic acid groups (broad SMARTS) is 1. The van der Waals surface area contributed by atoms with Gasteiger partial charge in [-0.05, 0) is 50.3 Å².